The molecule has 1 atom stereocenters. The Morgan fingerprint density at radius 3 is 2.69 bits per heavy atom. The van der Waals surface area contributed by atoms with Crippen molar-refractivity contribution in [2.75, 3.05) is 0 Å². The first-order chi connectivity index (χ1) is 6.27. The largest absolute Gasteiger partial charge is 0.389 e. The summed E-state index contributed by atoms with van der Waals surface area (Å²) in [6.07, 6.45) is 2.32. The van der Waals surface area contributed by atoms with Gasteiger partial charge in [0.25, 0.3) is 0 Å². The molecule has 2 rings (SSSR count). The molecule has 2 heteroatoms. The first kappa shape index (κ1) is 9.10. The lowest BCUT2D eigenvalue weighted by Crippen LogP contribution is -1.93. The van der Waals surface area contributed by atoms with Gasteiger partial charge in [-0.2, -0.15) is 0 Å². The zero-order chi connectivity index (χ0) is 9.26. The molecule has 1 fully saturated rings. The van der Waals surface area contributed by atoms with Crippen molar-refractivity contribution in [1.29, 1.82) is 0 Å². The summed E-state index contributed by atoms with van der Waals surface area (Å²) in [5.74, 6) is 0. The number of aliphatic hydroxyl groups is 1. The molecule has 1 unspecified atom stereocenters. The van der Waals surface area contributed by atoms with Gasteiger partial charge in [-0.15, -0.1) is 11.8 Å². The summed E-state index contributed by atoms with van der Waals surface area (Å²) in [7, 11) is 0. The first-order valence-corrected chi connectivity index (χ1v) is 5.59. The highest BCUT2D eigenvalue weighted by Gasteiger charge is 2.23. The summed E-state index contributed by atoms with van der Waals surface area (Å²) < 4.78 is 0. The fourth-order valence-electron chi connectivity index (χ4n) is 1.30. The fourth-order valence-corrected chi connectivity index (χ4v) is 2.56. The molecule has 1 aromatic rings. The van der Waals surface area contributed by atoms with Gasteiger partial charge in [0, 0.05) is 10.1 Å². The molecule has 0 aliphatic heterocycles. The van der Waals surface area contributed by atoms with Crippen LogP contribution < -0.4 is 0 Å². The molecule has 0 amide bonds. The second-order valence-electron chi connectivity index (χ2n) is 3.53. The Morgan fingerprint density at radius 2 is 2.08 bits per heavy atom. The van der Waals surface area contributed by atoms with Gasteiger partial charge in [-0.3, -0.25) is 0 Å². The van der Waals surface area contributed by atoms with Crippen LogP contribution in [0, 0.1) is 0 Å². The van der Waals surface area contributed by atoms with Crippen molar-refractivity contribution in [2.45, 2.75) is 36.0 Å². The zero-order valence-electron chi connectivity index (χ0n) is 7.73. The number of rotatable bonds is 3. The molecule has 13 heavy (non-hydrogen) atoms. The quantitative estimate of drug-likeness (QED) is 0.798. The molecule has 1 aliphatic carbocycles. The summed E-state index contributed by atoms with van der Waals surface area (Å²) in [4.78, 5) is 1.25. The van der Waals surface area contributed by atoms with E-state index in [2.05, 4.69) is 6.07 Å². The minimum Gasteiger partial charge on any atom is -0.389 e. The number of hydrogen-bond acceptors (Lipinski definition) is 2. The molecule has 0 bridgehead atoms. The lowest BCUT2D eigenvalue weighted by atomic mass is 10.1. The highest BCUT2D eigenvalue weighted by Crippen LogP contribution is 2.41. The van der Waals surface area contributed by atoms with Crippen LogP contribution in [0.3, 0.4) is 0 Å². The topological polar surface area (TPSA) is 20.2 Å². The average Bonchev–Trinajstić information content (AvgIpc) is 2.89. The van der Waals surface area contributed by atoms with Crippen LogP contribution >= 0.6 is 11.8 Å². The molecule has 0 radical (unpaired) electrons. The van der Waals surface area contributed by atoms with E-state index in [9.17, 15) is 5.11 Å². The molecule has 1 aliphatic rings. The first-order valence-electron chi connectivity index (χ1n) is 4.71. The van der Waals surface area contributed by atoms with E-state index in [1.54, 1.807) is 0 Å². The molecule has 1 saturated carbocycles. The predicted octanol–water partition coefficient (Wildman–Crippen LogP) is 2.99. The summed E-state index contributed by atoms with van der Waals surface area (Å²) in [6.45, 7) is 1.83. The van der Waals surface area contributed by atoms with Crippen molar-refractivity contribution in [3.05, 3.63) is 29.8 Å². The molecule has 0 aromatic heterocycles. The Labute approximate surface area is 83.2 Å². The summed E-state index contributed by atoms with van der Waals surface area (Å²) >= 11 is 1.90. The Balaban J connectivity index is 2.20. The zero-order valence-corrected chi connectivity index (χ0v) is 8.55. The van der Waals surface area contributed by atoms with Crippen molar-refractivity contribution in [1.82, 2.24) is 0 Å². The standard InChI is InChI=1S/C11H14OS/c1-8(12)10-4-2-3-5-11(10)13-9-6-7-9/h2-5,8-9,12H,6-7H2,1H3. The van der Waals surface area contributed by atoms with Gasteiger partial charge in [0.05, 0.1) is 6.10 Å². The Hall–Kier alpha value is -0.470. The molecular formula is C11H14OS. The summed E-state index contributed by atoms with van der Waals surface area (Å²) in [5, 5.41) is 10.3. The molecule has 1 N–H and O–H groups in total. The van der Waals surface area contributed by atoms with Crippen LogP contribution in [0.25, 0.3) is 0 Å². The fraction of sp³-hybridized carbons (Fsp3) is 0.455. The summed E-state index contributed by atoms with van der Waals surface area (Å²) in [5.41, 5.74) is 1.07. The lowest BCUT2D eigenvalue weighted by molar-refractivity contribution is 0.196. The number of aliphatic hydroxyl groups excluding tert-OH is 1. The average molecular weight is 194 g/mol. The molecular weight excluding hydrogens is 180 g/mol. The molecule has 0 saturated heterocycles. The Kier molecular flexibility index (Phi) is 2.61. The highest BCUT2D eigenvalue weighted by molar-refractivity contribution is 8.00. The molecule has 70 valence electrons. The van der Waals surface area contributed by atoms with Crippen molar-refractivity contribution in [2.24, 2.45) is 0 Å². The van der Waals surface area contributed by atoms with Crippen molar-refractivity contribution >= 4 is 11.8 Å². The van der Waals surface area contributed by atoms with Gasteiger partial charge in [0.2, 0.25) is 0 Å². The van der Waals surface area contributed by atoms with E-state index in [-0.39, 0.29) is 6.10 Å². The van der Waals surface area contributed by atoms with Crippen LogP contribution in [-0.2, 0) is 0 Å². The van der Waals surface area contributed by atoms with Gasteiger partial charge >= 0.3 is 0 Å². The summed E-state index contributed by atoms with van der Waals surface area (Å²) in [6, 6.07) is 8.13. The minimum absolute atomic E-state index is 0.345. The second-order valence-corrected chi connectivity index (χ2v) is 4.87. The van der Waals surface area contributed by atoms with E-state index in [0.717, 1.165) is 10.8 Å². The maximum Gasteiger partial charge on any atom is 0.0772 e. The highest BCUT2D eigenvalue weighted by atomic mass is 32.2. The normalized spacial score (nSPS) is 18.6. The van der Waals surface area contributed by atoms with Gasteiger partial charge in [-0.1, -0.05) is 18.2 Å². The van der Waals surface area contributed by atoms with Gasteiger partial charge in [-0.25, -0.2) is 0 Å². The number of thioether (sulfide) groups is 1. The van der Waals surface area contributed by atoms with Crippen LogP contribution in [0.15, 0.2) is 29.2 Å². The van der Waals surface area contributed by atoms with Crippen molar-refractivity contribution in [3.63, 3.8) is 0 Å². The van der Waals surface area contributed by atoms with E-state index >= 15 is 0 Å². The van der Waals surface area contributed by atoms with Crippen LogP contribution in [0.4, 0.5) is 0 Å². The molecule has 1 aromatic carbocycles. The Bertz CT molecular complexity index is 292. The van der Waals surface area contributed by atoms with Crippen LogP contribution in [0.1, 0.15) is 31.4 Å². The van der Waals surface area contributed by atoms with Crippen molar-refractivity contribution in [3.8, 4) is 0 Å². The second kappa shape index (κ2) is 3.72. The van der Waals surface area contributed by atoms with Crippen LogP contribution in [-0.4, -0.2) is 10.4 Å². The minimum atomic E-state index is -0.345. The monoisotopic (exact) mass is 194 g/mol. The third kappa shape index (κ3) is 2.26. The van der Waals surface area contributed by atoms with Gasteiger partial charge in [0.15, 0.2) is 0 Å². The lowest BCUT2D eigenvalue weighted by Gasteiger charge is -2.10. The van der Waals surface area contributed by atoms with Crippen molar-refractivity contribution < 1.29 is 5.11 Å². The van der Waals surface area contributed by atoms with E-state index < -0.39 is 0 Å². The molecule has 0 heterocycles. The van der Waals surface area contributed by atoms with Crippen LogP contribution in [0.5, 0.6) is 0 Å². The third-order valence-electron chi connectivity index (χ3n) is 2.19. The van der Waals surface area contributed by atoms with E-state index in [0.29, 0.717) is 0 Å². The molecule has 1 nitrogen and oxygen atoms in total. The third-order valence-corrected chi connectivity index (χ3v) is 3.62. The van der Waals surface area contributed by atoms with Crippen LogP contribution in [0.2, 0.25) is 0 Å². The smallest absolute Gasteiger partial charge is 0.0772 e. The molecule has 0 spiro atoms. The maximum absolute atomic E-state index is 9.52. The van der Waals surface area contributed by atoms with E-state index in [4.69, 9.17) is 0 Å². The Morgan fingerprint density at radius 1 is 1.38 bits per heavy atom. The van der Waals surface area contributed by atoms with E-state index in [1.165, 1.54) is 17.7 Å². The van der Waals surface area contributed by atoms with Gasteiger partial charge < -0.3 is 5.11 Å². The maximum atomic E-state index is 9.52. The van der Waals surface area contributed by atoms with Gasteiger partial charge in [0.1, 0.15) is 0 Å². The van der Waals surface area contributed by atoms with Gasteiger partial charge in [-0.05, 0) is 31.4 Å². The SMILES string of the molecule is CC(O)c1ccccc1SC1CC1. The predicted molar refractivity (Wildman–Crippen MR) is 56.0 cm³/mol. The van der Waals surface area contributed by atoms with E-state index in [1.807, 2.05) is 36.9 Å². The number of hydrogen-bond donors (Lipinski definition) is 1. The number of benzene rings is 1.